The van der Waals surface area contributed by atoms with E-state index in [2.05, 4.69) is 143 Å². The zero-order chi connectivity index (χ0) is 34.9. The van der Waals surface area contributed by atoms with Crippen molar-refractivity contribution in [1.29, 1.82) is 0 Å². The molecular weight excluding hydrogens is 667 g/mol. The van der Waals surface area contributed by atoms with Gasteiger partial charge in [0.1, 0.15) is 17.0 Å². The zero-order valence-electron chi connectivity index (χ0n) is 28.4. The fraction of sp³-hybridized carbons (Fsp3) is 0. The maximum absolute atomic E-state index is 6.51. The van der Waals surface area contributed by atoms with E-state index >= 15 is 0 Å². The Labute approximate surface area is 309 Å². The molecule has 0 amide bonds. The van der Waals surface area contributed by atoms with E-state index in [0.29, 0.717) is 0 Å². The zero-order valence-corrected chi connectivity index (χ0v) is 29.2. The van der Waals surface area contributed by atoms with Gasteiger partial charge in [-0.15, -0.1) is 0 Å². The molecule has 4 nitrogen and oxygen atoms in total. The third-order valence-corrected chi connectivity index (χ3v) is 11.5. The molecule has 0 aliphatic carbocycles. The molecule has 0 bridgehead atoms. The summed E-state index contributed by atoms with van der Waals surface area (Å²) in [5, 5.41) is 4.56. The first-order valence-electron chi connectivity index (χ1n) is 17.7. The number of rotatable bonds is 2. The Morgan fingerprint density at radius 2 is 1.26 bits per heavy atom. The molecular formula is C48H29N3OS. The van der Waals surface area contributed by atoms with Gasteiger partial charge in [0, 0.05) is 43.7 Å². The highest BCUT2D eigenvalue weighted by atomic mass is 32.2. The second-order valence-corrected chi connectivity index (χ2v) is 14.5. The van der Waals surface area contributed by atoms with Crippen LogP contribution >= 0.6 is 11.8 Å². The average molecular weight is 696 g/mol. The molecule has 0 N–H and O–H groups in total. The van der Waals surface area contributed by atoms with E-state index < -0.39 is 0 Å². The minimum Gasteiger partial charge on any atom is -0.456 e. The van der Waals surface area contributed by atoms with E-state index in [1.54, 1.807) is 0 Å². The monoisotopic (exact) mass is 695 g/mol. The van der Waals surface area contributed by atoms with E-state index in [-0.39, 0.29) is 0 Å². The minimum absolute atomic E-state index is 0.873. The van der Waals surface area contributed by atoms with Crippen LogP contribution in [0.5, 0.6) is 0 Å². The number of hydrogen-bond donors (Lipinski definition) is 0. The van der Waals surface area contributed by atoms with E-state index in [4.69, 9.17) is 9.40 Å². The number of hydrogen-bond acceptors (Lipinski definition) is 4. The van der Waals surface area contributed by atoms with Gasteiger partial charge in [-0.1, -0.05) is 109 Å². The number of benzene rings is 6. The lowest BCUT2D eigenvalue weighted by atomic mass is 9.92. The van der Waals surface area contributed by atoms with Gasteiger partial charge in [-0.25, -0.2) is 4.98 Å². The van der Waals surface area contributed by atoms with Crippen LogP contribution < -0.4 is 0 Å². The van der Waals surface area contributed by atoms with Crippen molar-refractivity contribution in [3.8, 4) is 39.2 Å². The summed E-state index contributed by atoms with van der Waals surface area (Å²) in [5.41, 5.74) is 13.3. The molecule has 6 aromatic carbocycles. The first kappa shape index (κ1) is 30.0. The first-order valence-corrected chi connectivity index (χ1v) is 18.5. The molecule has 11 rings (SSSR count). The molecule has 0 unspecified atom stereocenters. The second-order valence-electron chi connectivity index (χ2n) is 13.4. The number of fused-ring (bicyclic) bond motifs is 12. The molecule has 0 radical (unpaired) electrons. The van der Waals surface area contributed by atoms with Gasteiger partial charge < -0.3 is 4.42 Å². The summed E-state index contributed by atoms with van der Waals surface area (Å²) >= 11 is 1.82. The minimum atomic E-state index is 0.873. The summed E-state index contributed by atoms with van der Waals surface area (Å²) in [5.74, 6) is 0.873. The van der Waals surface area contributed by atoms with Crippen LogP contribution in [-0.2, 0) is 0 Å². The number of pyridine rings is 2. The lowest BCUT2D eigenvalue weighted by Gasteiger charge is -2.16. The molecule has 5 heteroatoms. The molecule has 0 spiro atoms. The van der Waals surface area contributed by atoms with Gasteiger partial charge in [0.2, 0.25) is 0 Å². The van der Waals surface area contributed by atoms with Crippen molar-refractivity contribution in [3.05, 3.63) is 175 Å². The smallest absolute Gasteiger partial charge is 0.137 e. The van der Waals surface area contributed by atoms with Crippen molar-refractivity contribution in [1.82, 2.24) is 14.5 Å². The molecule has 1 aliphatic heterocycles. The van der Waals surface area contributed by atoms with Crippen LogP contribution in [0.25, 0.3) is 95.1 Å². The highest BCUT2D eigenvalue weighted by Crippen LogP contribution is 2.47. The number of nitrogens with zero attached hydrogens (tertiary/aromatic N) is 3. The van der Waals surface area contributed by atoms with Gasteiger partial charge in [0.15, 0.2) is 0 Å². The Bertz CT molecular complexity index is 3100. The quantitative estimate of drug-likeness (QED) is 0.181. The van der Waals surface area contributed by atoms with Gasteiger partial charge in [-0.2, -0.15) is 0 Å². The molecule has 0 saturated heterocycles. The normalized spacial score (nSPS) is 12.4. The van der Waals surface area contributed by atoms with Crippen LogP contribution in [-0.4, -0.2) is 14.5 Å². The summed E-state index contributed by atoms with van der Waals surface area (Å²) in [6.07, 6.45) is 10.2. The molecule has 0 fully saturated rings. The van der Waals surface area contributed by atoms with Crippen LogP contribution in [0, 0.1) is 0 Å². The Morgan fingerprint density at radius 1 is 0.472 bits per heavy atom. The third kappa shape index (κ3) is 4.85. The standard InChI is InChI=1S/C48H29N3OS/c1-2-10-34-30(9-1)16-17-31-18-19-32(33-20-21-42-39(26-33)35-22-24-49-29-43(35)51(42)48-15-7-8-23-50-48)25-38(31)41-27-45-40(36-11-3-5-13-44(36)52-45)28-47(41)53-46-14-6-4-12-37(34)46/h1-29H. The van der Waals surface area contributed by atoms with Crippen molar-refractivity contribution >= 4 is 67.7 Å². The van der Waals surface area contributed by atoms with Gasteiger partial charge in [-0.3, -0.25) is 9.55 Å². The molecule has 53 heavy (non-hydrogen) atoms. The van der Waals surface area contributed by atoms with Crippen molar-refractivity contribution in [2.24, 2.45) is 0 Å². The average Bonchev–Trinajstić information content (AvgIpc) is 3.74. The predicted octanol–water partition coefficient (Wildman–Crippen LogP) is 13.1. The van der Waals surface area contributed by atoms with E-state index in [0.717, 1.165) is 77.4 Å². The maximum Gasteiger partial charge on any atom is 0.137 e. The first-order chi connectivity index (χ1) is 26.3. The number of para-hydroxylation sites is 1. The Morgan fingerprint density at radius 3 is 2.19 bits per heavy atom. The van der Waals surface area contributed by atoms with Crippen LogP contribution in [0.3, 0.4) is 0 Å². The molecule has 1 aliphatic rings. The largest absolute Gasteiger partial charge is 0.456 e. The van der Waals surface area contributed by atoms with Crippen LogP contribution in [0.2, 0.25) is 0 Å². The van der Waals surface area contributed by atoms with Crippen LogP contribution in [0.4, 0.5) is 0 Å². The fourth-order valence-electron chi connectivity index (χ4n) is 7.91. The molecule has 0 atom stereocenters. The fourth-order valence-corrected chi connectivity index (χ4v) is 9.03. The van der Waals surface area contributed by atoms with E-state index in [1.165, 1.54) is 26.5 Å². The number of aromatic nitrogens is 3. The molecule has 10 aromatic rings. The Balaban J connectivity index is 1.16. The van der Waals surface area contributed by atoms with Gasteiger partial charge >= 0.3 is 0 Å². The van der Waals surface area contributed by atoms with Crippen LogP contribution in [0.15, 0.2) is 178 Å². The topological polar surface area (TPSA) is 43.9 Å². The lowest BCUT2D eigenvalue weighted by Crippen LogP contribution is -1.96. The summed E-state index contributed by atoms with van der Waals surface area (Å²) in [7, 11) is 0. The molecule has 4 aromatic heterocycles. The molecule has 5 heterocycles. The van der Waals surface area contributed by atoms with Gasteiger partial charge in [0.05, 0.1) is 17.2 Å². The maximum atomic E-state index is 6.51. The van der Waals surface area contributed by atoms with Crippen molar-refractivity contribution < 1.29 is 4.42 Å². The number of furan rings is 1. The summed E-state index contributed by atoms with van der Waals surface area (Å²) in [4.78, 5) is 11.6. The van der Waals surface area contributed by atoms with E-state index in [9.17, 15) is 0 Å². The van der Waals surface area contributed by atoms with Crippen molar-refractivity contribution in [2.45, 2.75) is 9.79 Å². The highest BCUT2D eigenvalue weighted by Gasteiger charge is 2.20. The van der Waals surface area contributed by atoms with Crippen molar-refractivity contribution in [3.63, 3.8) is 0 Å². The SMILES string of the molecule is C1=Cc2ccc(-c3ccc4c(c3)c3ccncc3n4-c3ccccn3)cc2-c2cc3oc4ccccc4c3cc2Sc2ccccc2-c2ccccc21. The van der Waals surface area contributed by atoms with E-state index in [1.807, 2.05) is 54.6 Å². The summed E-state index contributed by atoms with van der Waals surface area (Å²) in [6, 6.07) is 52.1. The summed E-state index contributed by atoms with van der Waals surface area (Å²) < 4.78 is 8.71. The van der Waals surface area contributed by atoms with Gasteiger partial charge in [-0.05, 0) is 105 Å². The second kappa shape index (κ2) is 11.9. The Hall–Kier alpha value is -6.69. The molecule has 0 saturated carbocycles. The van der Waals surface area contributed by atoms with Gasteiger partial charge in [0.25, 0.3) is 0 Å². The van der Waals surface area contributed by atoms with Crippen LogP contribution in [0.1, 0.15) is 11.1 Å². The summed E-state index contributed by atoms with van der Waals surface area (Å²) in [6.45, 7) is 0. The predicted molar refractivity (Wildman–Crippen MR) is 219 cm³/mol. The molecule has 248 valence electrons. The lowest BCUT2D eigenvalue weighted by molar-refractivity contribution is 0.669. The Kier molecular flexibility index (Phi) is 6.76. The third-order valence-electron chi connectivity index (χ3n) is 10.4. The van der Waals surface area contributed by atoms with Crippen molar-refractivity contribution in [2.75, 3.05) is 0 Å². The highest BCUT2D eigenvalue weighted by molar-refractivity contribution is 7.99.